The van der Waals surface area contributed by atoms with Crippen LogP contribution in [0.1, 0.15) is 42.3 Å². The van der Waals surface area contributed by atoms with Crippen LogP contribution in [0.3, 0.4) is 0 Å². The molecule has 0 bridgehead atoms. The van der Waals surface area contributed by atoms with Gasteiger partial charge in [0.1, 0.15) is 5.75 Å². The third kappa shape index (κ3) is 1.79. The highest BCUT2D eigenvalue weighted by Crippen LogP contribution is 2.33. The summed E-state index contributed by atoms with van der Waals surface area (Å²) in [5.74, 6) is 0.118. The number of benzene rings is 1. The van der Waals surface area contributed by atoms with Crippen LogP contribution in [0.2, 0.25) is 0 Å². The third-order valence-electron chi connectivity index (χ3n) is 2.36. The van der Waals surface area contributed by atoms with E-state index >= 15 is 0 Å². The minimum atomic E-state index is -0.143. The Bertz CT molecular complexity index is 359. The fraction of sp³-hybridized carbons (Fsp3) is 0.417. The number of carbonyl (C=O) groups excluding carboxylic acids is 1. The lowest BCUT2D eigenvalue weighted by atomic mass is 9.84. The average molecular weight is 192 g/mol. The van der Waals surface area contributed by atoms with E-state index in [1.165, 1.54) is 0 Å². The third-order valence-corrected chi connectivity index (χ3v) is 2.36. The molecular weight excluding hydrogens is 176 g/mol. The van der Waals surface area contributed by atoms with Crippen molar-refractivity contribution in [3.8, 4) is 5.75 Å². The zero-order valence-electron chi connectivity index (χ0n) is 9.09. The van der Waals surface area contributed by atoms with Crippen molar-refractivity contribution in [3.63, 3.8) is 0 Å². The summed E-state index contributed by atoms with van der Waals surface area (Å²) in [6, 6.07) is 3.74. The molecular formula is C12H16O2. The van der Waals surface area contributed by atoms with Crippen LogP contribution in [0.5, 0.6) is 5.75 Å². The van der Waals surface area contributed by atoms with E-state index in [0.29, 0.717) is 11.8 Å². The predicted octanol–water partition coefficient (Wildman–Crippen LogP) is 2.81. The van der Waals surface area contributed by atoms with Crippen LogP contribution in [0, 0.1) is 6.92 Å². The van der Waals surface area contributed by atoms with Crippen LogP contribution >= 0.6 is 0 Å². The number of aryl methyl sites for hydroxylation is 1. The monoisotopic (exact) mass is 192 g/mol. The van der Waals surface area contributed by atoms with E-state index in [4.69, 9.17) is 0 Å². The lowest BCUT2D eigenvalue weighted by Gasteiger charge is -2.21. The molecule has 0 saturated heterocycles. The lowest BCUT2D eigenvalue weighted by molar-refractivity contribution is 0.112. The number of carbonyl (C=O) groups is 1. The number of aromatic hydroxyl groups is 1. The van der Waals surface area contributed by atoms with Gasteiger partial charge in [0, 0.05) is 0 Å². The van der Waals surface area contributed by atoms with Gasteiger partial charge in [0.2, 0.25) is 0 Å². The van der Waals surface area contributed by atoms with Crippen molar-refractivity contribution < 1.29 is 9.90 Å². The largest absolute Gasteiger partial charge is 0.507 e. The van der Waals surface area contributed by atoms with Gasteiger partial charge in [0.05, 0.1) is 5.56 Å². The molecule has 0 amide bonds. The van der Waals surface area contributed by atoms with Gasteiger partial charge in [-0.3, -0.25) is 4.79 Å². The van der Waals surface area contributed by atoms with E-state index in [2.05, 4.69) is 0 Å². The molecule has 14 heavy (non-hydrogen) atoms. The van der Waals surface area contributed by atoms with Gasteiger partial charge in [0.15, 0.2) is 6.29 Å². The van der Waals surface area contributed by atoms with Gasteiger partial charge < -0.3 is 5.11 Å². The fourth-order valence-corrected chi connectivity index (χ4v) is 1.46. The molecule has 1 rings (SSSR count). The number of aldehydes is 1. The smallest absolute Gasteiger partial charge is 0.154 e. The Hall–Kier alpha value is -1.31. The summed E-state index contributed by atoms with van der Waals surface area (Å²) in [4.78, 5) is 10.8. The van der Waals surface area contributed by atoms with Crippen LogP contribution in [0.4, 0.5) is 0 Å². The molecule has 0 spiro atoms. The second-order valence-electron chi connectivity index (χ2n) is 4.56. The first-order valence-corrected chi connectivity index (χ1v) is 4.66. The summed E-state index contributed by atoms with van der Waals surface area (Å²) in [7, 11) is 0. The molecule has 1 aromatic rings. The van der Waals surface area contributed by atoms with E-state index in [1.807, 2.05) is 39.8 Å². The molecule has 0 aliphatic carbocycles. The number of phenols is 1. The van der Waals surface area contributed by atoms with Gasteiger partial charge in [0.25, 0.3) is 0 Å². The highest BCUT2D eigenvalue weighted by molar-refractivity contribution is 5.82. The first kappa shape index (κ1) is 10.8. The normalized spacial score (nSPS) is 11.4. The molecule has 0 atom stereocenters. The molecule has 2 heteroatoms. The van der Waals surface area contributed by atoms with E-state index in [1.54, 1.807) is 0 Å². The van der Waals surface area contributed by atoms with Gasteiger partial charge >= 0.3 is 0 Å². The van der Waals surface area contributed by atoms with E-state index in [-0.39, 0.29) is 11.2 Å². The molecule has 0 aliphatic rings. The molecule has 0 heterocycles. The number of hydrogen-bond donors (Lipinski definition) is 1. The number of phenolic OH excluding ortho intramolecular Hbond substituents is 1. The quantitative estimate of drug-likeness (QED) is 0.695. The molecule has 1 N–H and O–H groups in total. The minimum Gasteiger partial charge on any atom is -0.507 e. The van der Waals surface area contributed by atoms with Crippen LogP contribution in [-0.4, -0.2) is 11.4 Å². The topological polar surface area (TPSA) is 37.3 Å². The minimum absolute atomic E-state index is 0.118. The van der Waals surface area contributed by atoms with Crippen LogP contribution in [-0.2, 0) is 5.41 Å². The maximum atomic E-state index is 10.8. The zero-order chi connectivity index (χ0) is 10.9. The predicted molar refractivity (Wildman–Crippen MR) is 56.9 cm³/mol. The maximum absolute atomic E-state index is 10.8. The second-order valence-corrected chi connectivity index (χ2v) is 4.56. The van der Waals surface area contributed by atoms with Crippen molar-refractivity contribution in [2.24, 2.45) is 0 Å². The van der Waals surface area contributed by atoms with Gasteiger partial charge in [-0.2, -0.15) is 0 Å². The van der Waals surface area contributed by atoms with Crippen molar-refractivity contribution in [3.05, 3.63) is 28.8 Å². The van der Waals surface area contributed by atoms with Crippen molar-refractivity contribution in [2.45, 2.75) is 33.1 Å². The Kier molecular flexibility index (Phi) is 2.65. The molecule has 0 aliphatic heterocycles. The Balaban J connectivity index is 3.43. The highest BCUT2D eigenvalue weighted by Gasteiger charge is 2.20. The molecule has 1 aromatic carbocycles. The molecule has 0 radical (unpaired) electrons. The van der Waals surface area contributed by atoms with E-state index in [9.17, 15) is 9.90 Å². The van der Waals surface area contributed by atoms with Crippen LogP contribution < -0.4 is 0 Å². The van der Waals surface area contributed by atoms with Crippen molar-refractivity contribution >= 4 is 6.29 Å². The highest BCUT2D eigenvalue weighted by atomic mass is 16.3. The van der Waals surface area contributed by atoms with Gasteiger partial charge in [-0.1, -0.05) is 32.9 Å². The summed E-state index contributed by atoms with van der Waals surface area (Å²) in [5, 5.41) is 9.87. The Morgan fingerprint density at radius 3 is 2.29 bits per heavy atom. The van der Waals surface area contributed by atoms with Gasteiger partial charge in [-0.25, -0.2) is 0 Å². The van der Waals surface area contributed by atoms with Crippen molar-refractivity contribution in [1.82, 2.24) is 0 Å². The average Bonchev–Trinajstić information content (AvgIpc) is 2.02. The van der Waals surface area contributed by atoms with Crippen LogP contribution in [0.15, 0.2) is 12.1 Å². The lowest BCUT2D eigenvalue weighted by Crippen LogP contribution is -2.12. The SMILES string of the molecule is Cc1ccc(C(C)(C)C)c(O)c1C=O. The fourth-order valence-electron chi connectivity index (χ4n) is 1.46. The first-order valence-electron chi connectivity index (χ1n) is 4.66. The summed E-state index contributed by atoms with van der Waals surface area (Å²) in [6.45, 7) is 7.83. The maximum Gasteiger partial charge on any atom is 0.154 e. The molecule has 0 unspecified atom stereocenters. The Morgan fingerprint density at radius 2 is 1.86 bits per heavy atom. The summed E-state index contributed by atoms with van der Waals surface area (Å²) >= 11 is 0. The number of hydrogen-bond acceptors (Lipinski definition) is 2. The van der Waals surface area contributed by atoms with Gasteiger partial charge in [-0.05, 0) is 23.5 Å². The molecule has 2 nitrogen and oxygen atoms in total. The van der Waals surface area contributed by atoms with E-state index in [0.717, 1.165) is 11.1 Å². The van der Waals surface area contributed by atoms with Crippen LogP contribution in [0.25, 0.3) is 0 Å². The standard InChI is InChI=1S/C12H16O2/c1-8-5-6-10(12(2,3)4)11(14)9(8)7-13/h5-7,14H,1-4H3. The van der Waals surface area contributed by atoms with Crippen molar-refractivity contribution in [2.75, 3.05) is 0 Å². The molecule has 0 saturated carbocycles. The summed E-state index contributed by atoms with van der Waals surface area (Å²) < 4.78 is 0. The summed E-state index contributed by atoms with van der Waals surface area (Å²) in [5.41, 5.74) is 1.88. The van der Waals surface area contributed by atoms with E-state index < -0.39 is 0 Å². The Morgan fingerprint density at radius 1 is 1.29 bits per heavy atom. The zero-order valence-corrected chi connectivity index (χ0v) is 9.09. The Labute approximate surface area is 84.6 Å². The molecule has 0 aromatic heterocycles. The first-order chi connectivity index (χ1) is 6.38. The number of rotatable bonds is 1. The van der Waals surface area contributed by atoms with Crippen molar-refractivity contribution in [1.29, 1.82) is 0 Å². The van der Waals surface area contributed by atoms with Gasteiger partial charge in [-0.15, -0.1) is 0 Å². The summed E-state index contributed by atoms with van der Waals surface area (Å²) in [6.07, 6.45) is 0.708. The molecule has 0 fully saturated rings. The second kappa shape index (κ2) is 3.45. The molecule has 76 valence electrons.